The van der Waals surface area contributed by atoms with Gasteiger partial charge in [-0.05, 0) is 31.2 Å². The van der Waals surface area contributed by atoms with Gasteiger partial charge in [-0.15, -0.1) is 0 Å². The first kappa shape index (κ1) is 21.4. The summed E-state index contributed by atoms with van der Waals surface area (Å²) in [5.41, 5.74) is 1.28. The standard InChI is InChI=1S/C21H25N5O4/c1-16(21(28)23-18-7-9-19(10-8-18)26(29)30)25-13-11-24(12-14-25)15-20(27)22-17-5-3-2-4-6-17/h2-10,16H,11-15H2,1H3,(H,22,27)(H,23,28). The first-order chi connectivity index (χ1) is 14.4. The number of hydrogen-bond acceptors (Lipinski definition) is 6. The Labute approximate surface area is 174 Å². The van der Waals surface area contributed by atoms with Crippen molar-refractivity contribution in [2.45, 2.75) is 13.0 Å². The molecule has 158 valence electrons. The first-order valence-corrected chi connectivity index (χ1v) is 9.79. The number of nitrogens with zero attached hydrogens (tertiary/aromatic N) is 3. The number of nitro benzene ring substituents is 1. The average Bonchev–Trinajstić information content (AvgIpc) is 2.74. The molecule has 3 rings (SSSR count). The third-order valence-corrected chi connectivity index (χ3v) is 5.10. The minimum atomic E-state index is -0.478. The summed E-state index contributed by atoms with van der Waals surface area (Å²) in [5.74, 6) is -0.224. The van der Waals surface area contributed by atoms with Crippen molar-refractivity contribution in [3.05, 3.63) is 64.7 Å². The molecular formula is C21H25N5O4. The maximum absolute atomic E-state index is 12.5. The van der Waals surface area contributed by atoms with Crippen molar-refractivity contribution in [2.24, 2.45) is 0 Å². The van der Waals surface area contributed by atoms with Gasteiger partial charge in [0.15, 0.2) is 0 Å². The molecule has 30 heavy (non-hydrogen) atoms. The Morgan fingerprint density at radius 3 is 2.17 bits per heavy atom. The fraction of sp³-hybridized carbons (Fsp3) is 0.333. The Balaban J connectivity index is 1.44. The molecule has 2 N–H and O–H groups in total. The Morgan fingerprint density at radius 2 is 1.57 bits per heavy atom. The van der Waals surface area contributed by atoms with E-state index in [4.69, 9.17) is 0 Å². The lowest BCUT2D eigenvalue weighted by molar-refractivity contribution is -0.384. The second kappa shape index (κ2) is 9.95. The van der Waals surface area contributed by atoms with Crippen LogP contribution in [0.5, 0.6) is 0 Å². The zero-order valence-corrected chi connectivity index (χ0v) is 16.8. The number of amides is 2. The quantitative estimate of drug-likeness (QED) is 0.534. The van der Waals surface area contributed by atoms with E-state index in [1.807, 2.05) is 37.3 Å². The molecule has 9 nitrogen and oxygen atoms in total. The molecule has 0 radical (unpaired) electrons. The van der Waals surface area contributed by atoms with Crippen molar-refractivity contribution in [3.63, 3.8) is 0 Å². The van der Waals surface area contributed by atoms with Gasteiger partial charge in [0, 0.05) is 49.7 Å². The Hall–Kier alpha value is -3.30. The van der Waals surface area contributed by atoms with E-state index < -0.39 is 4.92 Å². The lowest BCUT2D eigenvalue weighted by Crippen LogP contribution is -2.53. The van der Waals surface area contributed by atoms with Gasteiger partial charge in [0.2, 0.25) is 11.8 Å². The van der Waals surface area contributed by atoms with Gasteiger partial charge >= 0.3 is 0 Å². The maximum atomic E-state index is 12.5. The normalized spacial score (nSPS) is 15.9. The van der Waals surface area contributed by atoms with Crippen LogP contribution in [0.3, 0.4) is 0 Å². The van der Waals surface area contributed by atoms with Gasteiger partial charge in [-0.3, -0.25) is 29.5 Å². The van der Waals surface area contributed by atoms with Gasteiger partial charge in [0.05, 0.1) is 17.5 Å². The number of anilines is 2. The topological polar surface area (TPSA) is 108 Å². The maximum Gasteiger partial charge on any atom is 0.269 e. The van der Waals surface area contributed by atoms with E-state index in [2.05, 4.69) is 20.4 Å². The van der Waals surface area contributed by atoms with Crippen LogP contribution in [0.4, 0.5) is 17.1 Å². The predicted octanol–water partition coefficient (Wildman–Crippen LogP) is 2.18. The van der Waals surface area contributed by atoms with Gasteiger partial charge in [0.25, 0.3) is 5.69 Å². The molecule has 1 fully saturated rings. The van der Waals surface area contributed by atoms with Gasteiger partial charge in [-0.1, -0.05) is 18.2 Å². The number of rotatable bonds is 7. The summed E-state index contributed by atoms with van der Waals surface area (Å²) in [6, 6.07) is 14.8. The molecule has 0 bridgehead atoms. The molecule has 0 spiro atoms. The zero-order chi connectivity index (χ0) is 21.5. The number of para-hydroxylation sites is 1. The third kappa shape index (κ3) is 5.85. The van der Waals surface area contributed by atoms with Gasteiger partial charge < -0.3 is 10.6 Å². The summed E-state index contributed by atoms with van der Waals surface area (Å²) >= 11 is 0. The molecule has 1 aliphatic heterocycles. The van der Waals surface area contributed by atoms with Crippen molar-refractivity contribution < 1.29 is 14.5 Å². The van der Waals surface area contributed by atoms with E-state index in [-0.39, 0.29) is 23.5 Å². The summed E-state index contributed by atoms with van der Waals surface area (Å²) in [4.78, 5) is 39.1. The minimum absolute atomic E-state index is 0.0199. The van der Waals surface area contributed by atoms with Crippen molar-refractivity contribution in [1.82, 2.24) is 9.80 Å². The number of carbonyl (C=O) groups excluding carboxylic acids is 2. The third-order valence-electron chi connectivity index (χ3n) is 5.10. The van der Waals surface area contributed by atoms with E-state index in [1.165, 1.54) is 24.3 Å². The zero-order valence-electron chi connectivity index (χ0n) is 16.8. The van der Waals surface area contributed by atoms with Crippen LogP contribution in [0, 0.1) is 10.1 Å². The molecule has 2 aromatic carbocycles. The van der Waals surface area contributed by atoms with Gasteiger partial charge in [-0.2, -0.15) is 0 Å². The van der Waals surface area contributed by atoms with Crippen LogP contribution in [-0.4, -0.2) is 65.3 Å². The molecular weight excluding hydrogens is 386 g/mol. The summed E-state index contributed by atoms with van der Waals surface area (Å²) in [5, 5.41) is 16.4. The highest BCUT2D eigenvalue weighted by molar-refractivity contribution is 5.94. The predicted molar refractivity (Wildman–Crippen MR) is 114 cm³/mol. The number of benzene rings is 2. The minimum Gasteiger partial charge on any atom is -0.325 e. The van der Waals surface area contributed by atoms with E-state index in [1.54, 1.807) is 0 Å². The number of nitrogens with one attached hydrogen (secondary N) is 2. The number of piperazine rings is 1. The fourth-order valence-electron chi connectivity index (χ4n) is 3.31. The van der Waals surface area contributed by atoms with E-state index in [0.717, 1.165) is 5.69 Å². The van der Waals surface area contributed by atoms with E-state index in [0.29, 0.717) is 38.4 Å². The second-order valence-corrected chi connectivity index (χ2v) is 7.20. The first-order valence-electron chi connectivity index (χ1n) is 9.79. The second-order valence-electron chi connectivity index (χ2n) is 7.20. The van der Waals surface area contributed by atoms with Crippen molar-refractivity contribution in [1.29, 1.82) is 0 Å². The largest absolute Gasteiger partial charge is 0.325 e. The van der Waals surface area contributed by atoms with Crippen LogP contribution in [0.2, 0.25) is 0 Å². The summed E-state index contributed by atoms with van der Waals surface area (Å²) in [6.07, 6.45) is 0. The highest BCUT2D eigenvalue weighted by Gasteiger charge is 2.26. The molecule has 0 aromatic heterocycles. The van der Waals surface area contributed by atoms with Crippen LogP contribution >= 0.6 is 0 Å². The molecule has 1 heterocycles. The van der Waals surface area contributed by atoms with Crippen molar-refractivity contribution in [3.8, 4) is 0 Å². The fourth-order valence-corrected chi connectivity index (χ4v) is 3.31. The molecule has 1 unspecified atom stereocenters. The van der Waals surface area contributed by atoms with Crippen LogP contribution in [0.25, 0.3) is 0 Å². The molecule has 0 aliphatic carbocycles. The number of nitro groups is 1. The summed E-state index contributed by atoms with van der Waals surface area (Å²) in [6.45, 7) is 4.88. The van der Waals surface area contributed by atoms with Crippen LogP contribution in [0.1, 0.15) is 6.92 Å². The smallest absolute Gasteiger partial charge is 0.269 e. The Kier molecular flexibility index (Phi) is 7.10. The van der Waals surface area contributed by atoms with Crippen LogP contribution < -0.4 is 10.6 Å². The Morgan fingerprint density at radius 1 is 0.967 bits per heavy atom. The molecule has 9 heteroatoms. The summed E-state index contributed by atoms with van der Waals surface area (Å²) in [7, 11) is 0. The van der Waals surface area contributed by atoms with Gasteiger partial charge in [0.1, 0.15) is 0 Å². The van der Waals surface area contributed by atoms with Crippen LogP contribution in [-0.2, 0) is 9.59 Å². The molecule has 2 aromatic rings. The number of carbonyl (C=O) groups is 2. The molecule has 1 saturated heterocycles. The highest BCUT2D eigenvalue weighted by Crippen LogP contribution is 2.16. The summed E-state index contributed by atoms with van der Waals surface area (Å²) < 4.78 is 0. The van der Waals surface area contributed by atoms with Crippen LogP contribution in [0.15, 0.2) is 54.6 Å². The SMILES string of the molecule is CC(C(=O)Nc1ccc([N+](=O)[O-])cc1)N1CCN(CC(=O)Nc2ccccc2)CC1. The average molecular weight is 411 g/mol. The molecule has 2 amide bonds. The number of hydrogen-bond donors (Lipinski definition) is 2. The lowest BCUT2D eigenvalue weighted by Gasteiger charge is -2.37. The molecule has 1 atom stereocenters. The highest BCUT2D eigenvalue weighted by atomic mass is 16.6. The monoisotopic (exact) mass is 411 g/mol. The van der Waals surface area contributed by atoms with E-state index in [9.17, 15) is 19.7 Å². The van der Waals surface area contributed by atoms with Crippen molar-refractivity contribution >= 4 is 28.9 Å². The number of non-ortho nitro benzene ring substituents is 1. The molecule has 1 aliphatic rings. The lowest BCUT2D eigenvalue weighted by atomic mass is 10.2. The van der Waals surface area contributed by atoms with Gasteiger partial charge in [-0.25, -0.2) is 0 Å². The van der Waals surface area contributed by atoms with Crippen molar-refractivity contribution in [2.75, 3.05) is 43.4 Å². The van der Waals surface area contributed by atoms with E-state index >= 15 is 0 Å². The Bertz CT molecular complexity index is 880. The molecule has 0 saturated carbocycles.